The molecule has 0 unspecified atom stereocenters. The summed E-state index contributed by atoms with van der Waals surface area (Å²) in [5.41, 5.74) is 3.31. The number of carbonyl (C=O) groups excluding carboxylic acids is 1. The SMILES string of the molecule is COC(=O)C1=C(C)N=c2s/c(=C/c3ccoc3)c(=O)n2[C@@H]1c1ccc(N(C)C)cc1. The number of methoxy groups -OCH3 is 1. The summed E-state index contributed by atoms with van der Waals surface area (Å²) in [6.45, 7) is 1.76. The Morgan fingerprint density at radius 2 is 2.00 bits per heavy atom. The van der Waals surface area contributed by atoms with Crippen molar-refractivity contribution in [2.75, 3.05) is 26.1 Å². The molecular formula is C22H21N3O4S. The minimum absolute atomic E-state index is 0.212. The second-order valence-corrected chi connectivity index (χ2v) is 8.13. The highest BCUT2D eigenvalue weighted by molar-refractivity contribution is 7.07. The number of furan rings is 1. The molecule has 0 amide bonds. The summed E-state index contributed by atoms with van der Waals surface area (Å²) in [7, 11) is 5.24. The first kappa shape index (κ1) is 19.9. The number of carbonyl (C=O) groups is 1. The first-order valence-corrected chi connectivity index (χ1v) is 10.1. The molecule has 0 radical (unpaired) electrons. The van der Waals surface area contributed by atoms with Gasteiger partial charge >= 0.3 is 5.97 Å². The molecule has 154 valence electrons. The van der Waals surface area contributed by atoms with Crippen molar-refractivity contribution in [2.24, 2.45) is 4.99 Å². The number of fused-ring (bicyclic) bond motifs is 1. The largest absolute Gasteiger partial charge is 0.472 e. The second kappa shape index (κ2) is 7.79. The average Bonchev–Trinajstić information content (AvgIpc) is 3.35. The molecule has 0 aliphatic carbocycles. The molecule has 1 aliphatic heterocycles. The Labute approximate surface area is 176 Å². The van der Waals surface area contributed by atoms with Gasteiger partial charge in [0, 0.05) is 25.3 Å². The summed E-state index contributed by atoms with van der Waals surface area (Å²) in [5.74, 6) is -0.498. The van der Waals surface area contributed by atoms with Gasteiger partial charge in [0.1, 0.15) is 0 Å². The summed E-state index contributed by atoms with van der Waals surface area (Å²) in [6.07, 6.45) is 4.88. The molecule has 3 heterocycles. The van der Waals surface area contributed by atoms with Crippen molar-refractivity contribution < 1.29 is 13.9 Å². The van der Waals surface area contributed by atoms with E-state index in [4.69, 9.17) is 9.15 Å². The van der Waals surface area contributed by atoms with Crippen molar-refractivity contribution in [2.45, 2.75) is 13.0 Å². The van der Waals surface area contributed by atoms with Crippen LogP contribution in [0.4, 0.5) is 5.69 Å². The first-order valence-electron chi connectivity index (χ1n) is 9.31. The lowest BCUT2D eigenvalue weighted by Gasteiger charge is -2.25. The maximum Gasteiger partial charge on any atom is 0.338 e. The second-order valence-electron chi connectivity index (χ2n) is 7.12. The summed E-state index contributed by atoms with van der Waals surface area (Å²) in [4.78, 5) is 33.0. The fraction of sp³-hybridized carbons (Fsp3) is 0.227. The number of ether oxygens (including phenoxy) is 1. The van der Waals surface area contributed by atoms with Crippen LogP contribution in [0.3, 0.4) is 0 Å². The Morgan fingerprint density at radius 1 is 1.27 bits per heavy atom. The average molecular weight is 423 g/mol. The van der Waals surface area contributed by atoms with Crippen molar-refractivity contribution in [3.63, 3.8) is 0 Å². The van der Waals surface area contributed by atoms with Crippen LogP contribution in [0.1, 0.15) is 24.1 Å². The van der Waals surface area contributed by atoms with Crippen LogP contribution in [-0.4, -0.2) is 31.7 Å². The zero-order valence-electron chi connectivity index (χ0n) is 17.1. The van der Waals surface area contributed by atoms with Gasteiger partial charge in [-0.3, -0.25) is 9.36 Å². The molecule has 0 saturated carbocycles. The number of allylic oxidation sites excluding steroid dienone is 1. The molecule has 7 nitrogen and oxygen atoms in total. The van der Waals surface area contributed by atoms with Crippen LogP contribution in [0.25, 0.3) is 6.08 Å². The van der Waals surface area contributed by atoms with Crippen LogP contribution in [0.5, 0.6) is 0 Å². The molecule has 0 bridgehead atoms. The van der Waals surface area contributed by atoms with Crippen molar-refractivity contribution in [3.8, 4) is 0 Å². The summed E-state index contributed by atoms with van der Waals surface area (Å²) >= 11 is 1.28. The molecule has 0 saturated heterocycles. The van der Waals surface area contributed by atoms with Gasteiger partial charge < -0.3 is 14.1 Å². The molecule has 30 heavy (non-hydrogen) atoms. The van der Waals surface area contributed by atoms with E-state index in [1.807, 2.05) is 43.3 Å². The fourth-order valence-electron chi connectivity index (χ4n) is 3.47. The van der Waals surface area contributed by atoms with E-state index in [0.717, 1.165) is 16.8 Å². The molecule has 1 aromatic carbocycles. The Morgan fingerprint density at radius 3 is 2.60 bits per heavy atom. The third-order valence-corrected chi connectivity index (χ3v) is 5.98. The third-order valence-electron chi connectivity index (χ3n) is 4.99. The molecule has 1 atom stereocenters. The molecule has 4 rings (SSSR count). The van der Waals surface area contributed by atoms with Gasteiger partial charge in [-0.05, 0) is 36.8 Å². The van der Waals surface area contributed by atoms with Gasteiger partial charge in [0.15, 0.2) is 4.80 Å². The molecule has 0 fully saturated rings. The van der Waals surface area contributed by atoms with Gasteiger partial charge in [0.05, 0.1) is 41.5 Å². The van der Waals surface area contributed by atoms with Crippen molar-refractivity contribution in [1.82, 2.24) is 4.57 Å². The van der Waals surface area contributed by atoms with Gasteiger partial charge in [-0.2, -0.15) is 0 Å². The minimum atomic E-state index is -0.614. The van der Waals surface area contributed by atoms with Gasteiger partial charge in [0.2, 0.25) is 0 Å². The number of nitrogens with zero attached hydrogens (tertiary/aromatic N) is 3. The van der Waals surface area contributed by atoms with E-state index in [0.29, 0.717) is 20.6 Å². The normalized spacial score (nSPS) is 16.3. The standard InChI is InChI=1S/C22H21N3O4S/c1-13-18(21(27)28-4)19(15-5-7-16(8-6-15)24(2)3)25-20(26)17(30-22(25)23-13)11-14-9-10-29-12-14/h5-12,19H,1-4H3/b17-11+/t19-/m1/s1. The number of thiazole rings is 1. The predicted octanol–water partition coefficient (Wildman–Crippen LogP) is 2.07. The lowest BCUT2D eigenvalue weighted by molar-refractivity contribution is -0.136. The maximum absolute atomic E-state index is 13.3. The van der Waals surface area contributed by atoms with Crippen LogP contribution in [0, 0.1) is 0 Å². The fourth-order valence-corrected chi connectivity index (χ4v) is 4.52. The predicted molar refractivity (Wildman–Crippen MR) is 115 cm³/mol. The van der Waals surface area contributed by atoms with Crippen LogP contribution >= 0.6 is 11.3 Å². The van der Waals surface area contributed by atoms with E-state index in [9.17, 15) is 9.59 Å². The van der Waals surface area contributed by atoms with E-state index in [1.54, 1.807) is 36.2 Å². The Bertz CT molecular complexity index is 1300. The quantitative estimate of drug-likeness (QED) is 0.601. The Kier molecular flexibility index (Phi) is 5.17. The van der Waals surface area contributed by atoms with E-state index >= 15 is 0 Å². The maximum atomic E-state index is 13.3. The number of benzene rings is 1. The van der Waals surface area contributed by atoms with E-state index in [2.05, 4.69) is 4.99 Å². The van der Waals surface area contributed by atoms with Crippen molar-refractivity contribution in [3.05, 3.63) is 84.9 Å². The number of hydrogen-bond acceptors (Lipinski definition) is 7. The monoisotopic (exact) mass is 423 g/mol. The Hall–Kier alpha value is -3.39. The summed E-state index contributed by atoms with van der Waals surface area (Å²) < 4.78 is 12.2. The molecule has 3 aromatic rings. The van der Waals surface area contributed by atoms with Crippen molar-refractivity contribution >= 4 is 29.1 Å². The lowest BCUT2D eigenvalue weighted by atomic mass is 9.95. The summed E-state index contributed by atoms with van der Waals surface area (Å²) in [5, 5.41) is 0. The molecule has 2 aromatic heterocycles. The minimum Gasteiger partial charge on any atom is -0.472 e. The highest BCUT2D eigenvalue weighted by Crippen LogP contribution is 2.31. The van der Waals surface area contributed by atoms with E-state index in [1.165, 1.54) is 18.4 Å². The van der Waals surface area contributed by atoms with E-state index < -0.39 is 12.0 Å². The van der Waals surface area contributed by atoms with Crippen molar-refractivity contribution in [1.29, 1.82) is 0 Å². The number of anilines is 1. The van der Waals surface area contributed by atoms with Gasteiger partial charge in [-0.15, -0.1) is 0 Å². The number of esters is 1. The third kappa shape index (κ3) is 3.39. The zero-order valence-corrected chi connectivity index (χ0v) is 17.9. The lowest BCUT2D eigenvalue weighted by Crippen LogP contribution is -2.39. The smallest absolute Gasteiger partial charge is 0.338 e. The number of hydrogen-bond donors (Lipinski definition) is 0. The molecular weight excluding hydrogens is 402 g/mol. The number of aromatic nitrogens is 1. The highest BCUT2D eigenvalue weighted by Gasteiger charge is 2.33. The topological polar surface area (TPSA) is 77.0 Å². The number of rotatable bonds is 4. The highest BCUT2D eigenvalue weighted by atomic mass is 32.1. The van der Waals surface area contributed by atoms with Crippen LogP contribution in [0.15, 0.2) is 68.3 Å². The van der Waals surface area contributed by atoms with Crippen LogP contribution in [-0.2, 0) is 9.53 Å². The molecule has 0 spiro atoms. The van der Waals surface area contributed by atoms with Gasteiger partial charge in [-0.1, -0.05) is 23.5 Å². The van der Waals surface area contributed by atoms with E-state index in [-0.39, 0.29) is 5.56 Å². The first-order chi connectivity index (χ1) is 14.4. The molecule has 1 aliphatic rings. The van der Waals surface area contributed by atoms with Crippen LogP contribution < -0.4 is 19.8 Å². The molecule has 8 heteroatoms. The Balaban J connectivity index is 1.95. The van der Waals surface area contributed by atoms with Gasteiger partial charge in [-0.25, -0.2) is 9.79 Å². The van der Waals surface area contributed by atoms with Crippen LogP contribution in [0.2, 0.25) is 0 Å². The summed E-state index contributed by atoms with van der Waals surface area (Å²) in [6, 6.07) is 8.93. The van der Waals surface area contributed by atoms with Gasteiger partial charge in [0.25, 0.3) is 5.56 Å². The molecule has 0 N–H and O–H groups in total. The zero-order chi connectivity index (χ0) is 21.4.